The molecule has 0 bridgehead atoms. The molecule has 1 unspecified atom stereocenters. The van der Waals surface area contributed by atoms with Crippen LogP contribution in [0.3, 0.4) is 0 Å². The van der Waals surface area contributed by atoms with Gasteiger partial charge in [-0.3, -0.25) is 4.79 Å². The first kappa shape index (κ1) is 18.7. The fourth-order valence-corrected chi connectivity index (χ4v) is 2.67. The molecule has 0 saturated heterocycles. The van der Waals surface area contributed by atoms with Crippen molar-refractivity contribution < 1.29 is 13.7 Å². The highest BCUT2D eigenvalue weighted by molar-refractivity contribution is 5.93. The van der Waals surface area contributed by atoms with Crippen molar-refractivity contribution in [3.05, 3.63) is 72.3 Å². The SMILES string of the molecule is CC(N)(C/C=C/CCC(=O)c1ccon1)c1ncc(-c2ccccc2F)[nH]1. The number of aromatic amines is 1. The number of imidazole rings is 1. The van der Waals surface area contributed by atoms with Gasteiger partial charge in [-0.25, -0.2) is 9.37 Å². The number of rotatable bonds is 8. The van der Waals surface area contributed by atoms with E-state index in [0.717, 1.165) is 0 Å². The lowest BCUT2D eigenvalue weighted by Crippen LogP contribution is -2.33. The van der Waals surface area contributed by atoms with E-state index in [1.54, 1.807) is 30.5 Å². The van der Waals surface area contributed by atoms with E-state index in [1.165, 1.54) is 12.3 Å². The summed E-state index contributed by atoms with van der Waals surface area (Å²) in [7, 11) is 0. The summed E-state index contributed by atoms with van der Waals surface area (Å²) in [4.78, 5) is 19.2. The van der Waals surface area contributed by atoms with E-state index in [0.29, 0.717) is 42.0 Å². The number of H-pyrrole nitrogens is 1. The highest BCUT2D eigenvalue weighted by Gasteiger charge is 2.24. The Morgan fingerprint density at radius 3 is 2.89 bits per heavy atom. The lowest BCUT2D eigenvalue weighted by Gasteiger charge is -2.20. The molecule has 1 aromatic carbocycles. The second-order valence-electron chi connectivity index (χ2n) is 6.56. The Bertz CT molecular complexity index is 929. The smallest absolute Gasteiger partial charge is 0.185 e. The molecule has 0 saturated carbocycles. The third kappa shape index (κ3) is 4.57. The van der Waals surface area contributed by atoms with Crippen molar-refractivity contribution in [3.63, 3.8) is 0 Å². The zero-order chi connectivity index (χ0) is 19.3. The zero-order valence-corrected chi connectivity index (χ0v) is 15.0. The molecule has 140 valence electrons. The maximum Gasteiger partial charge on any atom is 0.185 e. The van der Waals surface area contributed by atoms with Crippen molar-refractivity contribution in [3.8, 4) is 11.3 Å². The van der Waals surface area contributed by atoms with Gasteiger partial charge < -0.3 is 15.2 Å². The number of carbonyl (C=O) groups excluding carboxylic acids is 1. The van der Waals surface area contributed by atoms with Crippen molar-refractivity contribution >= 4 is 5.78 Å². The van der Waals surface area contributed by atoms with Crippen molar-refractivity contribution in [2.24, 2.45) is 5.73 Å². The topological polar surface area (TPSA) is 97.8 Å². The molecule has 0 amide bonds. The lowest BCUT2D eigenvalue weighted by molar-refractivity contribution is 0.0975. The monoisotopic (exact) mass is 368 g/mol. The normalized spacial score (nSPS) is 13.7. The third-order valence-electron chi connectivity index (χ3n) is 4.25. The first-order valence-corrected chi connectivity index (χ1v) is 8.65. The van der Waals surface area contributed by atoms with Gasteiger partial charge in [0.1, 0.15) is 23.6 Å². The van der Waals surface area contributed by atoms with Gasteiger partial charge >= 0.3 is 0 Å². The Hall–Kier alpha value is -3.06. The molecule has 7 heteroatoms. The van der Waals surface area contributed by atoms with Crippen LogP contribution in [0.2, 0.25) is 0 Å². The van der Waals surface area contributed by atoms with E-state index in [9.17, 15) is 9.18 Å². The molecule has 2 heterocycles. The van der Waals surface area contributed by atoms with Gasteiger partial charge in [0.25, 0.3) is 0 Å². The van der Waals surface area contributed by atoms with Crippen LogP contribution in [-0.4, -0.2) is 20.9 Å². The standard InChI is InChI=1S/C20H21FN4O2/c1-20(22,11-6-2-3-9-18(26)16-10-12-27-25-16)19-23-13-17(24-19)14-7-4-5-8-15(14)21/h2,4-8,10,12-13H,3,9,11,22H2,1H3,(H,23,24)/b6-2+. The van der Waals surface area contributed by atoms with E-state index in [1.807, 2.05) is 19.1 Å². The number of allylic oxidation sites excluding steroid dienone is 1. The van der Waals surface area contributed by atoms with Crippen LogP contribution in [0.5, 0.6) is 0 Å². The Balaban J connectivity index is 1.57. The number of nitrogens with zero attached hydrogens (tertiary/aromatic N) is 2. The van der Waals surface area contributed by atoms with Gasteiger partial charge in [-0.05, 0) is 31.9 Å². The van der Waals surface area contributed by atoms with Crippen LogP contribution in [0, 0.1) is 5.82 Å². The van der Waals surface area contributed by atoms with Crippen LogP contribution < -0.4 is 5.73 Å². The van der Waals surface area contributed by atoms with E-state index < -0.39 is 5.54 Å². The van der Waals surface area contributed by atoms with Crippen LogP contribution in [0.15, 0.2) is 59.5 Å². The predicted octanol–water partition coefficient (Wildman–Crippen LogP) is 3.99. The molecule has 0 fully saturated rings. The summed E-state index contributed by atoms with van der Waals surface area (Å²) in [5.41, 5.74) is 6.99. The fourth-order valence-electron chi connectivity index (χ4n) is 2.67. The highest BCUT2D eigenvalue weighted by Crippen LogP contribution is 2.25. The lowest BCUT2D eigenvalue weighted by atomic mass is 9.98. The van der Waals surface area contributed by atoms with Gasteiger partial charge in [0.2, 0.25) is 0 Å². The number of hydrogen-bond acceptors (Lipinski definition) is 5. The maximum atomic E-state index is 13.9. The summed E-state index contributed by atoms with van der Waals surface area (Å²) in [6, 6.07) is 8.05. The number of halogens is 1. The van der Waals surface area contributed by atoms with E-state index in [-0.39, 0.29) is 11.6 Å². The number of hydrogen-bond donors (Lipinski definition) is 2. The molecular formula is C20H21FN4O2. The van der Waals surface area contributed by atoms with Gasteiger partial charge in [0, 0.05) is 18.1 Å². The second kappa shape index (κ2) is 8.09. The summed E-state index contributed by atoms with van der Waals surface area (Å²) in [5.74, 6) is 0.191. The molecule has 2 aromatic heterocycles. The quantitative estimate of drug-likeness (QED) is 0.463. The third-order valence-corrected chi connectivity index (χ3v) is 4.25. The second-order valence-corrected chi connectivity index (χ2v) is 6.56. The highest BCUT2D eigenvalue weighted by atomic mass is 19.1. The first-order valence-electron chi connectivity index (χ1n) is 8.65. The van der Waals surface area contributed by atoms with Gasteiger partial charge in [-0.2, -0.15) is 0 Å². The molecule has 1 atom stereocenters. The Labute approximate surface area is 156 Å². The van der Waals surface area contributed by atoms with Crippen molar-refractivity contribution in [1.29, 1.82) is 0 Å². The van der Waals surface area contributed by atoms with Crippen LogP contribution in [0.4, 0.5) is 4.39 Å². The molecule has 0 radical (unpaired) electrons. The largest absolute Gasteiger partial charge is 0.364 e. The minimum absolute atomic E-state index is 0.0653. The summed E-state index contributed by atoms with van der Waals surface area (Å²) in [6.07, 6.45) is 8.24. The molecule has 3 rings (SSSR count). The molecule has 3 aromatic rings. The van der Waals surface area contributed by atoms with Gasteiger partial charge in [0.05, 0.1) is 17.4 Å². The average molecular weight is 368 g/mol. The number of Topliss-reactive ketones (excluding diaryl/α,β-unsaturated/α-hetero) is 1. The molecular weight excluding hydrogens is 347 g/mol. The molecule has 0 spiro atoms. The molecule has 27 heavy (non-hydrogen) atoms. The molecule has 0 aliphatic heterocycles. The Morgan fingerprint density at radius 1 is 1.33 bits per heavy atom. The number of benzene rings is 1. The summed E-state index contributed by atoms with van der Waals surface area (Å²) >= 11 is 0. The average Bonchev–Trinajstić information content (AvgIpc) is 3.34. The number of carbonyl (C=O) groups is 1. The van der Waals surface area contributed by atoms with Gasteiger partial charge in [-0.15, -0.1) is 0 Å². The summed E-state index contributed by atoms with van der Waals surface area (Å²) in [5, 5.41) is 3.62. The fraction of sp³-hybridized carbons (Fsp3) is 0.250. The minimum Gasteiger partial charge on any atom is -0.364 e. The molecule has 0 aliphatic rings. The minimum atomic E-state index is -0.740. The predicted molar refractivity (Wildman–Crippen MR) is 99.3 cm³/mol. The van der Waals surface area contributed by atoms with E-state index >= 15 is 0 Å². The van der Waals surface area contributed by atoms with Crippen molar-refractivity contribution in [2.45, 2.75) is 31.7 Å². The van der Waals surface area contributed by atoms with E-state index in [4.69, 9.17) is 5.73 Å². The van der Waals surface area contributed by atoms with E-state index in [2.05, 4.69) is 19.6 Å². The molecule has 6 nitrogen and oxygen atoms in total. The van der Waals surface area contributed by atoms with Crippen LogP contribution in [-0.2, 0) is 5.54 Å². The molecule has 0 aliphatic carbocycles. The molecule has 3 N–H and O–H groups in total. The number of ketones is 1. The summed E-state index contributed by atoms with van der Waals surface area (Å²) in [6.45, 7) is 1.85. The van der Waals surface area contributed by atoms with Crippen LogP contribution >= 0.6 is 0 Å². The van der Waals surface area contributed by atoms with Crippen LogP contribution in [0.1, 0.15) is 42.5 Å². The van der Waals surface area contributed by atoms with Crippen molar-refractivity contribution in [1.82, 2.24) is 15.1 Å². The zero-order valence-electron chi connectivity index (χ0n) is 15.0. The van der Waals surface area contributed by atoms with Crippen LogP contribution in [0.25, 0.3) is 11.3 Å². The van der Waals surface area contributed by atoms with Crippen molar-refractivity contribution in [2.75, 3.05) is 0 Å². The van der Waals surface area contributed by atoms with Gasteiger partial charge in [-0.1, -0.05) is 29.4 Å². The first-order chi connectivity index (χ1) is 13.0. The summed E-state index contributed by atoms with van der Waals surface area (Å²) < 4.78 is 18.6. The maximum absolute atomic E-state index is 13.9. The number of nitrogens with one attached hydrogen (secondary N) is 1. The number of aromatic nitrogens is 3. The Kier molecular flexibility index (Phi) is 5.61. The Morgan fingerprint density at radius 2 is 2.15 bits per heavy atom. The van der Waals surface area contributed by atoms with Gasteiger partial charge in [0.15, 0.2) is 5.78 Å². The number of nitrogens with two attached hydrogens (primary N) is 1.